The molecule has 0 bridgehead atoms. The van der Waals surface area contributed by atoms with Crippen LogP contribution in [0, 0.1) is 5.82 Å². The van der Waals surface area contributed by atoms with Crippen LogP contribution in [-0.2, 0) is 16.4 Å². The van der Waals surface area contributed by atoms with E-state index < -0.39 is 15.8 Å². The van der Waals surface area contributed by atoms with E-state index in [1.54, 1.807) is 18.2 Å². The number of nitrogens with one attached hydrogen (secondary N) is 2. The average molecular weight is 422 g/mol. The minimum absolute atomic E-state index is 0.0592. The number of aryl methyl sites for hydroxylation is 1. The van der Waals surface area contributed by atoms with Gasteiger partial charge in [0.1, 0.15) is 5.82 Å². The first kappa shape index (κ1) is 19.8. The van der Waals surface area contributed by atoms with Gasteiger partial charge in [0, 0.05) is 5.69 Å². The molecule has 2 N–H and O–H groups in total. The molecular formula is C22H19FN4O2S. The molecule has 6 nitrogen and oxygen atoms in total. The van der Waals surface area contributed by atoms with E-state index in [9.17, 15) is 12.8 Å². The number of sulfonamides is 1. The molecule has 0 saturated carbocycles. The number of fused-ring (bicyclic) bond motifs is 1. The van der Waals surface area contributed by atoms with Crippen molar-refractivity contribution in [3.8, 4) is 0 Å². The molecule has 0 fully saturated rings. The van der Waals surface area contributed by atoms with Crippen LogP contribution in [0.15, 0.2) is 77.7 Å². The normalized spacial score (nSPS) is 11.4. The summed E-state index contributed by atoms with van der Waals surface area (Å²) in [5.74, 6) is -0.179. The van der Waals surface area contributed by atoms with Gasteiger partial charge in [-0.2, -0.15) is 0 Å². The Morgan fingerprint density at radius 1 is 0.833 bits per heavy atom. The Morgan fingerprint density at radius 3 is 2.10 bits per heavy atom. The lowest BCUT2D eigenvalue weighted by molar-refractivity contribution is 0.599. The Balaban J connectivity index is 1.79. The topological polar surface area (TPSA) is 84.0 Å². The van der Waals surface area contributed by atoms with E-state index in [-0.39, 0.29) is 16.5 Å². The standard InChI is InChI=1S/C22H19FN4O2S/c1-2-15-7-3-4-8-18(15)24-21-22(26-20-10-6-5-9-19(20)25-21)27-30(28,29)17-13-11-16(23)12-14-17/h3-14H,2H2,1H3,(H,24,25)(H,26,27). The minimum atomic E-state index is -3.99. The van der Waals surface area contributed by atoms with E-state index in [2.05, 4.69) is 20.0 Å². The smallest absolute Gasteiger partial charge is 0.263 e. The molecular weight excluding hydrogens is 403 g/mol. The highest BCUT2D eigenvalue weighted by molar-refractivity contribution is 7.92. The van der Waals surface area contributed by atoms with Crippen molar-refractivity contribution in [3.63, 3.8) is 0 Å². The number of nitrogens with zero attached hydrogens (tertiary/aromatic N) is 2. The first-order valence-electron chi connectivity index (χ1n) is 9.36. The number of hydrogen-bond acceptors (Lipinski definition) is 5. The van der Waals surface area contributed by atoms with Gasteiger partial charge in [-0.15, -0.1) is 0 Å². The van der Waals surface area contributed by atoms with Gasteiger partial charge in [-0.3, -0.25) is 4.72 Å². The molecule has 0 spiro atoms. The number of hydrogen-bond donors (Lipinski definition) is 2. The highest BCUT2D eigenvalue weighted by Gasteiger charge is 2.19. The van der Waals surface area contributed by atoms with Gasteiger partial charge in [0.25, 0.3) is 10.0 Å². The summed E-state index contributed by atoms with van der Waals surface area (Å²) >= 11 is 0. The Kier molecular flexibility index (Phi) is 5.33. The Labute approximate surface area is 173 Å². The van der Waals surface area contributed by atoms with E-state index in [1.165, 1.54) is 12.1 Å². The number of rotatable bonds is 6. The van der Waals surface area contributed by atoms with Crippen LogP contribution in [0.5, 0.6) is 0 Å². The fourth-order valence-corrected chi connectivity index (χ4v) is 4.05. The van der Waals surface area contributed by atoms with Crippen LogP contribution in [0.3, 0.4) is 0 Å². The molecule has 3 aromatic carbocycles. The summed E-state index contributed by atoms with van der Waals surface area (Å²) in [4.78, 5) is 8.97. The second-order valence-electron chi connectivity index (χ2n) is 6.60. The van der Waals surface area contributed by atoms with E-state index in [0.29, 0.717) is 11.0 Å². The van der Waals surface area contributed by atoms with Gasteiger partial charge >= 0.3 is 0 Å². The zero-order valence-electron chi connectivity index (χ0n) is 16.1. The number of anilines is 3. The van der Waals surface area contributed by atoms with Crippen molar-refractivity contribution in [1.29, 1.82) is 0 Å². The number of para-hydroxylation sites is 3. The van der Waals surface area contributed by atoms with Crippen LogP contribution in [0.4, 0.5) is 21.7 Å². The molecule has 1 heterocycles. The fourth-order valence-electron chi connectivity index (χ4n) is 3.04. The Hall–Kier alpha value is -3.52. The lowest BCUT2D eigenvalue weighted by Gasteiger charge is -2.15. The first-order chi connectivity index (χ1) is 14.5. The van der Waals surface area contributed by atoms with Gasteiger partial charge in [0.05, 0.1) is 15.9 Å². The van der Waals surface area contributed by atoms with E-state index >= 15 is 0 Å². The summed E-state index contributed by atoms with van der Waals surface area (Å²) < 4.78 is 41.4. The van der Waals surface area contributed by atoms with Crippen LogP contribution in [-0.4, -0.2) is 18.4 Å². The van der Waals surface area contributed by atoms with Crippen molar-refractivity contribution in [2.75, 3.05) is 10.0 Å². The maximum absolute atomic E-state index is 13.2. The maximum Gasteiger partial charge on any atom is 0.263 e. The number of benzene rings is 3. The monoisotopic (exact) mass is 422 g/mol. The fraction of sp³-hybridized carbons (Fsp3) is 0.0909. The highest BCUT2D eigenvalue weighted by Crippen LogP contribution is 2.28. The first-order valence-corrected chi connectivity index (χ1v) is 10.8. The largest absolute Gasteiger partial charge is 0.337 e. The van der Waals surface area contributed by atoms with Crippen molar-refractivity contribution >= 4 is 38.4 Å². The Morgan fingerprint density at radius 2 is 1.43 bits per heavy atom. The van der Waals surface area contributed by atoms with Crippen molar-refractivity contribution in [1.82, 2.24) is 9.97 Å². The van der Waals surface area contributed by atoms with Gasteiger partial charge in [-0.1, -0.05) is 37.3 Å². The predicted molar refractivity (Wildman–Crippen MR) is 116 cm³/mol. The second-order valence-corrected chi connectivity index (χ2v) is 8.29. The molecule has 0 amide bonds. The SMILES string of the molecule is CCc1ccccc1Nc1nc2ccccc2nc1NS(=O)(=O)c1ccc(F)cc1. The summed E-state index contributed by atoms with van der Waals surface area (Å²) in [5.41, 5.74) is 3.04. The third-order valence-electron chi connectivity index (χ3n) is 4.58. The van der Waals surface area contributed by atoms with Crippen molar-refractivity contribution in [2.45, 2.75) is 18.2 Å². The van der Waals surface area contributed by atoms with Crippen molar-refractivity contribution < 1.29 is 12.8 Å². The van der Waals surface area contributed by atoms with Crippen LogP contribution >= 0.6 is 0 Å². The molecule has 0 aliphatic carbocycles. The molecule has 8 heteroatoms. The molecule has 0 unspecified atom stereocenters. The van der Waals surface area contributed by atoms with Gasteiger partial charge in [-0.25, -0.2) is 22.8 Å². The third kappa shape index (κ3) is 4.08. The zero-order valence-corrected chi connectivity index (χ0v) is 16.9. The van der Waals surface area contributed by atoms with Crippen LogP contribution in [0.25, 0.3) is 11.0 Å². The lowest BCUT2D eigenvalue weighted by Crippen LogP contribution is -2.16. The molecule has 30 heavy (non-hydrogen) atoms. The lowest BCUT2D eigenvalue weighted by atomic mass is 10.1. The summed E-state index contributed by atoms with van der Waals surface area (Å²) in [7, 11) is -3.99. The predicted octanol–water partition coefficient (Wildman–Crippen LogP) is 4.88. The summed E-state index contributed by atoms with van der Waals surface area (Å²) in [6.07, 6.45) is 0.792. The molecule has 0 saturated heterocycles. The van der Waals surface area contributed by atoms with E-state index in [1.807, 2.05) is 37.3 Å². The molecule has 0 aliphatic rings. The molecule has 0 aliphatic heterocycles. The van der Waals surface area contributed by atoms with Gasteiger partial charge < -0.3 is 5.32 Å². The van der Waals surface area contributed by atoms with Crippen LogP contribution < -0.4 is 10.0 Å². The molecule has 4 aromatic rings. The van der Waals surface area contributed by atoms with E-state index in [0.717, 1.165) is 29.8 Å². The minimum Gasteiger partial charge on any atom is -0.337 e. The summed E-state index contributed by atoms with van der Waals surface area (Å²) in [5, 5.41) is 3.21. The zero-order chi connectivity index (χ0) is 21.1. The third-order valence-corrected chi connectivity index (χ3v) is 5.93. The molecule has 0 atom stereocenters. The summed E-state index contributed by atoms with van der Waals surface area (Å²) in [6.45, 7) is 2.03. The van der Waals surface area contributed by atoms with Crippen molar-refractivity contribution in [3.05, 3.63) is 84.2 Å². The number of aromatic nitrogens is 2. The van der Waals surface area contributed by atoms with Gasteiger partial charge in [-0.05, 0) is 54.4 Å². The van der Waals surface area contributed by atoms with E-state index in [4.69, 9.17) is 0 Å². The Bertz CT molecular complexity index is 1310. The molecule has 0 radical (unpaired) electrons. The highest BCUT2D eigenvalue weighted by atomic mass is 32.2. The van der Waals surface area contributed by atoms with Crippen LogP contribution in [0.2, 0.25) is 0 Å². The summed E-state index contributed by atoms with van der Waals surface area (Å²) in [6, 6.07) is 19.5. The maximum atomic E-state index is 13.2. The van der Waals surface area contributed by atoms with Crippen LogP contribution in [0.1, 0.15) is 12.5 Å². The molecule has 152 valence electrons. The molecule has 4 rings (SSSR count). The average Bonchev–Trinajstić information content (AvgIpc) is 2.74. The number of halogens is 1. The quantitative estimate of drug-likeness (QED) is 0.463. The van der Waals surface area contributed by atoms with Gasteiger partial charge in [0.15, 0.2) is 11.6 Å². The van der Waals surface area contributed by atoms with Gasteiger partial charge in [0.2, 0.25) is 0 Å². The second kappa shape index (κ2) is 8.08. The van der Waals surface area contributed by atoms with Crippen molar-refractivity contribution in [2.24, 2.45) is 0 Å². The molecule has 1 aromatic heterocycles.